The average Bonchev–Trinajstić information content (AvgIpc) is 3.04. The third-order valence-corrected chi connectivity index (χ3v) is 3.42. The van der Waals surface area contributed by atoms with E-state index >= 15 is 0 Å². The summed E-state index contributed by atoms with van der Waals surface area (Å²) in [6.07, 6.45) is 9.99. The number of pyridine rings is 1. The van der Waals surface area contributed by atoms with Crippen molar-refractivity contribution in [3.8, 4) is 17.0 Å². The summed E-state index contributed by atoms with van der Waals surface area (Å²) in [5.41, 5.74) is 2.60. The zero-order valence-electron chi connectivity index (χ0n) is 14.3. The van der Waals surface area contributed by atoms with Crippen molar-refractivity contribution in [1.29, 1.82) is 0 Å². The highest BCUT2D eigenvalue weighted by Gasteiger charge is 2.12. The van der Waals surface area contributed by atoms with Gasteiger partial charge in [0.25, 0.3) is 0 Å². The van der Waals surface area contributed by atoms with Crippen LogP contribution in [0.25, 0.3) is 16.8 Å². The van der Waals surface area contributed by atoms with Crippen LogP contribution in [0, 0.1) is 0 Å². The monoisotopic (exact) mass is 326 g/mol. The van der Waals surface area contributed by atoms with Crippen LogP contribution in [0.4, 0.5) is 0 Å². The smallest absolute Gasteiger partial charge is 0.221 e. The van der Waals surface area contributed by atoms with Crippen molar-refractivity contribution in [3.05, 3.63) is 43.0 Å². The Morgan fingerprint density at radius 1 is 1.21 bits per heavy atom. The second-order valence-corrected chi connectivity index (χ2v) is 5.31. The fourth-order valence-corrected chi connectivity index (χ4v) is 2.20. The normalized spacial score (nSPS) is 10.1. The molecule has 126 valence electrons. The Bertz CT molecular complexity index is 798. The van der Waals surface area contributed by atoms with E-state index in [2.05, 4.69) is 22.0 Å². The molecule has 0 radical (unpaired) electrons. The number of nitrogens with zero attached hydrogens (tertiary/aromatic N) is 4. The predicted octanol–water partition coefficient (Wildman–Crippen LogP) is 3.57. The Morgan fingerprint density at radius 3 is 2.67 bits per heavy atom. The van der Waals surface area contributed by atoms with E-state index in [9.17, 15) is 4.79 Å². The van der Waals surface area contributed by atoms with E-state index in [0.29, 0.717) is 11.7 Å². The maximum Gasteiger partial charge on any atom is 0.221 e. The molecule has 0 saturated carbocycles. The van der Waals surface area contributed by atoms with E-state index < -0.39 is 0 Å². The molecule has 3 aromatic rings. The topological polar surface area (TPSA) is 69.4 Å². The van der Waals surface area contributed by atoms with Gasteiger partial charge in [-0.2, -0.15) is 5.10 Å². The summed E-state index contributed by atoms with van der Waals surface area (Å²) in [6.45, 7) is 3.72. The molecule has 0 N–H and O–H groups in total. The van der Waals surface area contributed by atoms with Gasteiger partial charge in [0.15, 0.2) is 5.65 Å². The molecule has 24 heavy (non-hydrogen) atoms. The molecule has 3 rings (SSSR count). The first-order valence-electron chi connectivity index (χ1n) is 7.94. The van der Waals surface area contributed by atoms with Gasteiger partial charge in [0, 0.05) is 30.6 Å². The molecule has 0 atom stereocenters. The lowest BCUT2D eigenvalue weighted by atomic mass is 10.1. The third kappa shape index (κ3) is 4.38. The van der Waals surface area contributed by atoms with Crippen LogP contribution in [-0.4, -0.2) is 32.5 Å². The van der Waals surface area contributed by atoms with E-state index in [1.807, 2.05) is 24.4 Å². The fourth-order valence-electron chi connectivity index (χ4n) is 2.20. The summed E-state index contributed by atoms with van der Waals surface area (Å²) in [5, 5.41) is 4.24. The molecule has 6 heteroatoms. The van der Waals surface area contributed by atoms with Crippen LogP contribution in [0.15, 0.2) is 43.0 Å². The lowest BCUT2D eigenvalue weighted by molar-refractivity contribution is -0.117. The Kier molecular flexibility index (Phi) is 6.42. The molecular weight excluding hydrogens is 304 g/mol. The number of methoxy groups -OCH3 is 1. The molecular formula is C18H22N4O2. The van der Waals surface area contributed by atoms with Gasteiger partial charge in [0.2, 0.25) is 5.88 Å². The Hall–Kier alpha value is -2.76. The van der Waals surface area contributed by atoms with Crippen molar-refractivity contribution in [2.45, 2.75) is 33.1 Å². The molecule has 0 aromatic carbocycles. The summed E-state index contributed by atoms with van der Waals surface area (Å²) in [6, 6.07) is 5.64. The third-order valence-electron chi connectivity index (χ3n) is 3.42. The highest BCUT2D eigenvalue weighted by molar-refractivity contribution is 5.79. The zero-order valence-corrected chi connectivity index (χ0v) is 14.3. The minimum Gasteiger partial charge on any atom is -0.481 e. The number of hydrogen-bond acceptors (Lipinski definition) is 5. The number of carbonyl (C=O) groups is 1. The number of unbranched alkanes of at least 4 members (excludes halogenated alkanes) is 1. The molecule has 0 amide bonds. The summed E-state index contributed by atoms with van der Waals surface area (Å²) >= 11 is 0. The van der Waals surface area contributed by atoms with E-state index in [-0.39, 0.29) is 0 Å². The summed E-state index contributed by atoms with van der Waals surface area (Å²) in [4.78, 5) is 18.7. The van der Waals surface area contributed by atoms with Gasteiger partial charge >= 0.3 is 0 Å². The largest absolute Gasteiger partial charge is 0.481 e. The minimum absolute atomic E-state index is 0.307. The first-order valence-corrected chi connectivity index (χ1v) is 7.94. The van der Waals surface area contributed by atoms with Crippen LogP contribution in [0.1, 0.15) is 33.1 Å². The lowest BCUT2D eigenvalue weighted by Crippen LogP contribution is -1.92. The van der Waals surface area contributed by atoms with Gasteiger partial charge in [-0.25, -0.2) is 14.5 Å². The van der Waals surface area contributed by atoms with E-state index in [0.717, 1.165) is 36.0 Å². The van der Waals surface area contributed by atoms with E-state index in [4.69, 9.17) is 4.74 Å². The SMILES string of the molecule is CCCCC(C)=O.COc1ncccc1-c1cnn2cccnc12. The van der Waals surface area contributed by atoms with Crippen LogP contribution < -0.4 is 4.74 Å². The standard InChI is InChI=1S/C12H10N4O.C6H12O/c1-17-12-9(4-2-5-14-12)10-8-15-16-7-3-6-13-11(10)16;1-3-4-5-6(2)7/h2-8H,1H3;3-5H2,1-2H3. The van der Waals surface area contributed by atoms with Crippen molar-refractivity contribution in [2.75, 3.05) is 7.11 Å². The van der Waals surface area contributed by atoms with Gasteiger partial charge in [-0.15, -0.1) is 0 Å². The first-order chi connectivity index (χ1) is 11.7. The molecule has 6 nitrogen and oxygen atoms in total. The molecule has 3 heterocycles. The Labute approximate surface area is 141 Å². The second kappa shape index (κ2) is 8.76. The number of hydrogen-bond donors (Lipinski definition) is 0. The summed E-state index contributed by atoms with van der Waals surface area (Å²) < 4.78 is 6.97. The highest BCUT2D eigenvalue weighted by Crippen LogP contribution is 2.29. The number of rotatable bonds is 5. The molecule has 0 aliphatic rings. The maximum atomic E-state index is 10.2. The lowest BCUT2D eigenvalue weighted by Gasteiger charge is -2.04. The number of aromatic nitrogens is 4. The Morgan fingerprint density at radius 2 is 2.00 bits per heavy atom. The quantitative estimate of drug-likeness (QED) is 0.717. The molecule has 0 spiro atoms. The van der Waals surface area contributed by atoms with Crippen molar-refractivity contribution < 1.29 is 9.53 Å². The average molecular weight is 326 g/mol. The maximum absolute atomic E-state index is 10.2. The first kappa shape index (κ1) is 17.6. The fraction of sp³-hybridized carbons (Fsp3) is 0.333. The highest BCUT2D eigenvalue weighted by atomic mass is 16.5. The van der Waals surface area contributed by atoms with Crippen LogP contribution in [-0.2, 0) is 4.79 Å². The van der Waals surface area contributed by atoms with Gasteiger partial charge in [0.1, 0.15) is 5.78 Å². The van der Waals surface area contributed by atoms with Crippen LogP contribution in [0.3, 0.4) is 0 Å². The second-order valence-electron chi connectivity index (χ2n) is 5.31. The van der Waals surface area contributed by atoms with Crippen molar-refractivity contribution in [1.82, 2.24) is 19.6 Å². The number of Topliss-reactive ketones (excluding diaryl/α,β-unsaturated/α-hetero) is 1. The van der Waals surface area contributed by atoms with Crippen LogP contribution >= 0.6 is 0 Å². The van der Waals surface area contributed by atoms with E-state index in [1.54, 1.807) is 37.1 Å². The number of ketones is 1. The predicted molar refractivity (Wildman–Crippen MR) is 93.0 cm³/mol. The van der Waals surface area contributed by atoms with Gasteiger partial charge in [-0.1, -0.05) is 13.3 Å². The van der Waals surface area contributed by atoms with Gasteiger partial charge in [-0.05, 0) is 31.5 Å². The molecule has 0 fully saturated rings. The van der Waals surface area contributed by atoms with Gasteiger partial charge in [0.05, 0.1) is 18.9 Å². The van der Waals surface area contributed by atoms with Crippen molar-refractivity contribution in [3.63, 3.8) is 0 Å². The van der Waals surface area contributed by atoms with Crippen molar-refractivity contribution in [2.24, 2.45) is 0 Å². The number of ether oxygens (including phenoxy) is 1. The zero-order chi connectivity index (χ0) is 17.4. The minimum atomic E-state index is 0.307. The molecule has 3 aromatic heterocycles. The molecule has 0 aliphatic carbocycles. The number of fused-ring (bicyclic) bond motifs is 1. The number of carbonyl (C=O) groups excluding carboxylic acids is 1. The van der Waals surface area contributed by atoms with Crippen LogP contribution in [0.5, 0.6) is 5.88 Å². The molecule has 0 aliphatic heterocycles. The van der Waals surface area contributed by atoms with Crippen molar-refractivity contribution >= 4 is 11.4 Å². The Balaban J connectivity index is 0.000000256. The van der Waals surface area contributed by atoms with Gasteiger partial charge in [-0.3, -0.25) is 0 Å². The molecule has 0 saturated heterocycles. The molecule has 0 unspecified atom stereocenters. The van der Waals surface area contributed by atoms with E-state index in [1.165, 1.54) is 0 Å². The molecule has 0 bridgehead atoms. The van der Waals surface area contributed by atoms with Crippen LogP contribution in [0.2, 0.25) is 0 Å². The summed E-state index contributed by atoms with van der Waals surface area (Å²) in [7, 11) is 1.60. The summed E-state index contributed by atoms with van der Waals surface area (Å²) in [5.74, 6) is 0.884. The van der Waals surface area contributed by atoms with Gasteiger partial charge < -0.3 is 9.53 Å².